The average Bonchev–Trinajstić information content (AvgIpc) is 2.73. The first kappa shape index (κ1) is 21.1. The van der Waals surface area contributed by atoms with Crippen LogP contribution in [0.25, 0.3) is 5.69 Å². The summed E-state index contributed by atoms with van der Waals surface area (Å²) in [7, 11) is 3.71. The van der Waals surface area contributed by atoms with Gasteiger partial charge in [-0.2, -0.15) is 9.78 Å². The van der Waals surface area contributed by atoms with Gasteiger partial charge >= 0.3 is 5.69 Å². The zero-order valence-corrected chi connectivity index (χ0v) is 16.7. The van der Waals surface area contributed by atoms with Crippen LogP contribution >= 0.6 is 0 Å². The number of carbonyl (C=O) groups excluding carboxylic acids is 1. The Labute approximate surface area is 172 Å². The lowest BCUT2D eigenvalue weighted by Crippen LogP contribution is -2.46. The fourth-order valence-electron chi connectivity index (χ4n) is 2.78. The van der Waals surface area contributed by atoms with E-state index in [1.54, 1.807) is 30.3 Å². The molecule has 9 heteroatoms. The molecule has 0 aliphatic rings. The van der Waals surface area contributed by atoms with Gasteiger partial charge in [-0.15, -0.1) is 0 Å². The highest BCUT2D eigenvalue weighted by atomic mass is 19.1. The van der Waals surface area contributed by atoms with Crippen molar-refractivity contribution in [1.82, 2.24) is 24.6 Å². The lowest BCUT2D eigenvalue weighted by atomic mass is 10.2. The average molecular weight is 411 g/mol. The fraction of sp³-hybridized carbons (Fsp3) is 0.238. The van der Waals surface area contributed by atoms with E-state index in [0.29, 0.717) is 24.3 Å². The first-order valence-corrected chi connectivity index (χ1v) is 9.34. The van der Waals surface area contributed by atoms with E-state index in [4.69, 9.17) is 0 Å². The largest absolute Gasteiger partial charge is 0.352 e. The molecule has 0 atom stereocenters. The second kappa shape index (κ2) is 9.27. The lowest BCUT2D eigenvalue weighted by molar-refractivity contribution is 0.0941. The Morgan fingerprint density at radius 1 is 1.07 bits per heavy atom. The van der Waals surface area contributed by atoms with Crippen LogP contribution in [0.5, 0.6) is 0 Å². The Bertz CT molecular complexity index is 1140. The maximum atomic E-state index is 13.2. The Kier molecular flexibility index (Phi) is 6.53. The van der Waals surface area contributed by atoms with Crippen LogP contribution < -0.4 is 16.6 Å². The van der Waals surface area contributed by atoms with Crippen molar-refractivity contribution in [2.24, 2.45) is 0 Å². The molecule has 0 spiro atoms. The number of amides is 1. The predicted octanol–water partition coefficient (Wildman–Crippen LogP) is 0.873. The van der Waals surface area contributed by atoms with Crippen LogP contribution in [0.1, 0.15) is 16.1 Å². The lowest BCUT2D eigenvalue weighted by Gasteiger charge is -2.13. The summed E-state index contributed by atoms with van der Waals surface area (Å²) in [4.78, 5) is 40.4. The topological polar surface area (TPSA) is 89.2 Å². The highest BCUT2D eigenvalue weighted by Gasteiger charge is 2.20. The summed E-state index contributed by atoms with van der Waals surface area (Å²) in [5, 5.41) is 6.69. The van der Waals surface area contributed by atoms with Crippen molar-refractivity contribution in [1.29, 1.82) is 0 Å². The third kappa shape index (κ3) is 4.87. The summed E-state index contributed by atoms with van der Waals surface area (Å²) in [6, 6.07) is 13.9. The summed E-state index contributed by atoms with van der Waals surface area (Å²) in [5.74, 6) is -1.09. The zero-order chi connectivity index (χ0) is 21.7. The van der Waals surface area contributed by atoms with Gasteiger partial charge in [0, 0.05) is 13.1 Å². The standard InChI is InChI=1S/C21H22FN5O3/c1-25(2)13-12-23-19(28)18-20(29)26(14-15-8-10-16(22)11-9-15)21(30)27(24-18)17-6-4-3-5-7-17/h3-11H,12-14H2,1-2H3,(H,23,28). The number of nitrogens with zero attached hydrogens (tertiary/aromatic N) is 4. The number of carbonyl (C=O) groups is 1. The van der Waals surface area contributed by atoms with Crippen molar-refractivity contribution in [3.05, 3.63) is 92.5 Å². The Hall–Kier alpha value is -3.59. The van der Waals surface area contributed by atoms with Crippen molar-refractivity contribution >= 4 is 5.91 Å². The molecule has 3 rings (SSSR count). The van der Waals surface area contributed by atoms with E-state index in [0.717, 1.165) is 9.25 Å². The van der Waals surface area contributed by atoms with Gasteiger partial charge in [0.25, 0.3) is 11.5 Å². The summed E-state index contributed by atoms with van der Waals surface area (Å²) in [5.41, 5.74) is -0.934. The van der Waals surface area contributed by atoms with E-state index in [1.165, 1.54) is 24.3 Å². The van der Waals surface area contributed by atoms with Crippen LogP contribution in [0.15, 0.2) is 64.2 Å². The number of likely N-dealkylation sites (N-methyl/N-ethyl adjacent to an activating group) is 1. The minimum atomic E-state index is -0.807. The molecule has 0 radical (unpaired) electrons. The van der Waals surface area contributed by atoms with Gasteiger partial charge in [-0.05, 0) is 43.9 Å². The zero-order valence-electron chi connectivity index (χ0n) is 16.7. The summed E-state index contributed by atoms with van der Waals surface area (Å²) in [6.07, 6.45) is 0. The van der Waals surface area contributed by atoms with Gasteiger partial charge in [-0.3, -0.25) is 14.2 Å². The van der Waals surface area contributed by atoms with Crippen LogP contribution in [0.4, 0.5) is 4.39 Å². The molecular weight excluding hydrogens is 389 g/mol. The van der Waals surface area contributed by atoms with Gasteiger partial charge in [-0.25, -0.2) is 9.18 Å². The van der Waals surface area contributed by atoms with Crippen LogP contribution in [0.2, 0.25) is 0 Å². The number of benzene rings is 2. The molecule has 8 nitrogen and oxygen atoms in total. The number of rotatable bonds is 7. The van der Waals surface area contributed by atoms with E-state index < -0.39 is 23.0 Å². The highest BCUT2D eigenvalue weighted by molar-refractivity contribution is 5.91. The fourth-order valence-corrected chi connectivity index (χ4v) is 2.78. The number of aromatic nitrogens is 3. The smallest absolute Gasteiger partial charge is 0.349 e. The maximum absolute atomic E-state index is 13.2. The van der Waals surface area contributed by atoms with Gasteiger partial charge in [0.1, 0.15) is 5.82 Å². The molecule has 0 saturated carbocycles. The van der Waals surface area contributed by atoms with Crippen LogP contribution in [0, 0.1) is 5.82 Å². The van der Waals surface area contributed by atoms with Crippen molar-refractivity contribution in [2.75, 3.05) is 27.2 Å². The predicted molar refractivity (Wildman–Crippen MR) is 110 cm³/mol. The van der Waals surface area contributed by atoms with E-state index in [9.17, 15) is 18.8 Å². The molecule has 0 fully saturated rings. The van der Waals surface area contributed by atoms with Gasteiger partial charge < -0.3 is 10.2 Å². The SMILES string of the molecule is CN(C)CCNC(=O)c1nn(-c2ccccc2)c(=O)n(Cc2ccc(F)cc2)c1=O. The van der Waals surface area contributed by atoms with E-state index in [2.05, 4.69) is 10.4 Å². The third-order valence-electron chi connectivity index (χ3n) is 4.37. The van der Waals surface area contributed by atoms with Gasteiger partial charge in [-0.1, -0.05) is 30.3 Å². The molecule has 3 aromatic rings. The summed E-state index contributed by atoms with van der Waals surface area (Å²) < 4.78 is 15.2. The van der Waals surface area contributed by atoms with Gasteiger partial charge in [0.15, 0.2) is 0 Å². The molecular formula is C21H22FN5O3. The van der Waals surface area contributed by atoms with Crippen LogP contribution in [-0.4, -0.2) is 52.3 Å². The first-order valence-electron chi connectivity index (χ1n) is 9.34. The minimum Gasteiger partial charge on any atom is -0.349 e. The van der Waals surface area contributed by atoms with Crippen LogP contribution in [-0.2, 0) is 6.54 Å². The van der Waals surface area contributed by atoms with Gasteiger partial charge in [0.2, 0.25) is 5.69 Å². The van der Waals surface area contributed by atoms with E-state index in [1.807, 2.05) is 19.0 Å². The third-order valence-corrected chi connectivity index (χ3v) is 4.37. The highest BCUT2D eigenvalue weighted by Crippen LogP contribution is 2.05. The van der Waals surface area contributed by atoms with Crippen molar-refractivity contribution < 1.29 is 9.18 Å². The number of halogens is 1. The molecule has 0 aliphatic heterocycles. The molecule has 0 aliphatic carbocycles. The Morgan fingerprint density at radius 2 is 1.73 bits per heavy atom. The van der Waals surface area contributed by atoms with Crippen molar-refractivity contribution in [2.45, 2.75) is 6.54 Å². The normalized spacial score (nSPS) is 10.9. The quantitative estimate of drug-likeness (QED) is 0.623. The second-order valence-electron chi connectivity index (χ2n) is 6.96. The second-order valence-corrected chi connectivity index (χ2v) is 6.96. The summed E-state index contributed by atoms with van der Waals surface area (Å²) in [6.45, 7) is 0.772. The molecule has 1 N–H and O–H groups in total. The van der Waals surface area contributed by atoms with E-state index >= 15 is 0 Å². The number of hydrogen-bond acceptors (Lipinski definition) is 5. The summed E-state index contributed by atoms with van der Waals surface area (Å²) >= 11 is 0. The minimum absolute atomic E-state index is 0.120. The Morgan fingerprint density at radius 3 is 2.37 bits per heavy atom. The molecule has 30 heavy (non-hydrogen) atoms. The first-order chi connectivity index (χ1) is 14.4. The molecule has 1 heterocycles. The Balaban J connectivity index is 2.08. The molecule has 0 unspecified atom stereocenters. The monoisotopic (exact) mass is 411 g/mol. The number of hydrogen-bond donors (Lipinski definition) is 1. The molecule has 1 amide bonds. The molecule has 1 aromatic heterocycles. The van der Waals surface area contributed by atoms with E-state index in [-0.39, 0.29) is 12.2 Å². The van der Waals surface area contributed by atoms with Crippen molar-refractivity contribution in [3.63, 3.8) is 0 Å². The number of para-hydroxylation sites is 1. The van der Waals surface area contributed by atoms with Gasteiger partial charge in [0.05, 0.1) is 12.2 Å². The molecule has 0 bridgehead atoms. The molecule has 156 valence electrons. The van der Waals surface area contributed by atoms with Crippen molar-refractivity contribution in [3.8, 4) is 5.69 Å². The number of nitrogens with one attached hydrogen (secondary N) is 1. The molecule has 0 saturated heterocycles. The molecule has 2 aromatic carbocycles. The van der Waals surface area contributed by atoms with Crippen LogP contribution in [0.3, 0.4) is 0 Å². The maximum Gasteiger partial charge on any atom is 0.352 e.